The molecule has 2 atom stereocenters. The second kappa shape index (κ2) is 5.05. The van der Waals surface area contributed by atoms with Gasteiger partial charge in [-0.3, -0.25) is 0 Å². The third-order valence-corrected chi connectivity index (χ3v) is 4.79. The number of halogens is 2. The van der Waals surface area contributed by atoms with E-state index in [0.717, 1.165) is 41.4 Å². The summed E-state index contributed by atoms with van der Waals surface area (Å²) in [6.07, 6.45) is 1.09. The molecule has 2 aliphatic rings. The van der Waals surface area contributed by atoms with E-state index >= 15 is 0 Å². The molecular weight excluding hydrogens is 303 g/mol. The van der Waals surface area contributed by atoms with Crippen LogP contribution in [0.15, 0.2) is 14.8 Å². The van der Waals surface area contributed by atoms with Gasteiger partial charge in [0.05, 0.1) is 27.1 Å². The number of benzene rings is 1. The Hall–Kier alpha value is -0.620. The highest BCUT2D eigenvalue weighted by Gasteiger charge is 2.28. The maximum absolute atomic E-state index is 6.29. The van der Waals surface area contributed by atoms with E-state index in [1.165, 1.54) is 0 Å². The molecule has 0 saturated carbocycles. The van der Waals surface area contributed by atoms with Crippen molar-refractivity contribution < 1.29 is 0 Å². The Morgan fingerprint density at radius 3 is 2.74 bits per heavy atom. The Morgan fingerprint density at radius 1 is 1.32 bits per heavy atom. The standard InChI is InChI=1S/C12H14Cl2N4S/c1-6-3-7(5-18(6)2)15-10-8(13)4-9(14)11-12(10)17-19-16-11/h4,6-7,15H,3,5H2,1-2H3. The molecule has 3 rings (SSSR count). The zero-order chi connectivity index (χ0) is 13.6. The second-order valence-corrected chi connectivity index (χ2v) is 6.39. The molecule has 2 unspecified atom stereocenters. The van der Waals surface area contributed by atoms with E-state index in [1.807, 2.05) is 0 Å². The van der Waals surface area contributed by atoms with Gasteiger partial charge in [-0.25, -0.2) is 0 Å². The maximum atomic E-state index is 6.29. The molecule has 1 N–H and O–H groups in total. The van der Waals surface area contributed by atoms with Crippen LogP contribution >= 0.6 is 23.2 Å². The van der Waals surface area contributed by atoms with Crippen LogP contribution < -0.4 is 5.32 Å². The summed E-state index contributed by atoms with van der Waals surface area (Å²) in [7, 11) is 2.13. The summed E-state index contributed by atoms with van der Waals surface area (Å²) in [5, 5.41) is 4.65. The van der Waals surface area contributed by atoms with Crippen LogP contribution in [0.2, 0.25) is 10.0 Å². The van der Waals surface area contributed by atoms with Gasteiger partial charge in [-0.2, -0.15) is 8.73 Å². The molecule has 4 nitrogen and oxygen atoms in total. The van der Waals surface area contributed by atoms with E-state index in [9.17, 15) is 0 Å². The van der Waals surface area contributed by atoms with Crippen molar-refractivity contribution in [2.45, 2.75) is 25.4 Å². The Morgan fingerprint density at radius 2 is 2.05 bits per heavy atom. The van der Waals surface area contributed by atoms with Gasteiger partial charge in [0.15, 0.2) is 0 Å². The summed E-state index contributed by atoms with van der Waals surface area (Å²) in [6, 6.07) is 2.69. The van der Waals surface area contributed by atoms with Gasteiger partial charge in [0.1, 0.15) is 11.4 Å². The van der Waals surface area contributed by atoms with E-state index in [4.69, 9.17) is 23.2 Å². The van der Waals surface area contributed by atoms with Crippen molar-refractivity contribution in [1.29, 1.82) is 0 Å². The van der Waals surface area contributed by atoms with Crippen LogP contribution in [0, 0.1) is 0 Å². The number of hydrogen-bond acceptors (Lipinski definition) is 4. The highest BCUT2D eigenvalue weighted by molar-refractivity contribution is 7.58. The number of likely N-dealkylation sites (tertiary alicyclic amines) is 1. The predicted octanol–water partition coefficient (Wildman–Crippen LogP) is 4.22. The summed E-state index contributed by atoms with van der Waals surface area (Å²) in [6.45, 7) is 3.23. The van der Waals surface area contributed by atoms with Crippen molar-refractivity contribution >= 4 is 51.6 Å². The van der Waals surface area contributed by atoms with Crippen molar-refractivity contribution in [2.75, 3.05) is 18.9 Å². The van der Waals surface area contributed by atoms with Gasteiger partial charge in [0.25, 0.3) is 0 Å². The first-order valence-corrected chi connectivity index (χ1v) is 7.62. The van der Waals surface area contributed by atoms with E-state index in [1.54, 1.807) is 6.07 Å². The summed E-state index contributed by atoms with van der Waals surface area (Å²) < 4.78 is 8.52. The molecule has 1 fully saturated rings. The highest BCUT2D eigenvalue weighted by atomic mass is 35.5. The monoisotopic (exact) mass is 316 g/mol. The topological polar surface area (TPSA) is 40.0 Å². The zero-order valence-electron chi connectivity index (χ0n) is 10.7. The first kappa shape index (κ1) is 13.4. The second-order valence-electron chi connectivity index (χ2n) is 5.04. The Kier molecular flexibility index (Phi) is 3.55. The molecule has 0 aromatic heterocycles. The van der Waals surface area contributed by atoms with E-state index in [2.05, 4.69) is 32.9 Å². The Balaban J connectivity index is 1.91. The fourth-order valence-electron chi connectivity index (χ4n) is 2.51. The molecule has 2 aliphatic heterocycles. The first-order valence-electron chi connectivity index (χ1n) is 6.13. The number of likely N-dealkylation sites (N-methyl/N-ethyl adjacent to an activating group) is 1. The van der Waals surface area contributed by atoms with Crippen molar-refractivity contribution in [3.05, 3.63) is 16.1 Å². The number of hydrogen-bond donors (Lipinski definition) is 1. The molecule has 1 aromatic rings. The van der Waals surface area contributed by atoms with Crippen molar-refractivity contribution in [3.63, 3.8) is 0 Å². The largest absolute Gasteiger partial charge is 0.378 e. The van der Waals surface area contributed by atoms with Crippen LogP contribution in [0.25, 0.3) is 0 Å². The molecule has 0 amide bonds. The van der Waals surface area contributed by atoms with Gasteiger partial charge < -0.3 is 10.2 Å². The normalized spacial score (nSPS) is 25.5. The third kappa shape index (κ3) is 2.40. The van der Waals surface area contributed by atoms with E-state index in [-0.39, 0.29) is 0 Å². The quantitative estimate of drug-likeness (QED) is 0.900. The minimum absolute atomic E-state index is 0.378. The molecule has 1 aromatic carbocycles. The maximum Gasteiger partial charge on any atom is 0.130 e. The molecular formula is C12H14Cl2N4S. The molecule has 1 saturated heterocycles. The molecule has 0 spiro atoms. The zero-order valence-corrected chi connectivity index (χ0v) is 13.0. The fraction of sp³-hybridized carbons (Fsp3) is 0.500. The fourth-order valence-corrected chi connectivity index (χ4v) is 3.68. The van der Waals surface area contributed by atoms with Crippen molar-refractivity contribution in [2.24, 2.45) is 8.73 Å². The Bertz CT molecular complexity index is 588. The number of fused-ring (bicyclic) bond motifs is 1. The first-order chi connectivity index (χ1) is 9.06. The molecule has 0 aliphatic carbocycles. The van der Waals surface area contributed by atoms with Crippen LogP contribution in [-0.2, 0) is 11.4 Å². The van der Waals surface area contributed by atoms with Gasteiger partial charge in [0.2, 0.25) is 0 Å². The lowest BCUT2D eigenvalue weighted by Gasteiger charge is -2.17. The predicted molar refractivity (Wildman–Crippen MR) is 82.1 cm³/mol. The van der Waals surface area contributed by atoms with Crippen LogP contribution in [-0.4, -0.2) is 30.6 Å². The summed E-state index contributed by atoms with van der Waals surface area (Å²) >= 11 is 13.6. The Labute approximate surface area is 126 Å². The summed E-state index contributed by atoms with van der Waals surface area (Å²) in [5.41, 5.74) is 2.34. The van der Waals surface area contributed by atoms with Crippen LogP contribution in [0.5, 0.6) is 0 Å². The molecule has 0 radical (unpaired) electrons. The van der Waals surface area contributed by atoms with Gasteiger partial charge in [-0.1, -0.05) is 23.2 Å². The lowest BCUT2D eigenvalue weighted by molar-refractivity contribution is 0.330. The highest BCUT2D eigenvalue weighted by Crippen LogP contribution is 2.48. The van der Waals surface area contributed by atoms with Gasteiger partial charge in [0, 0.05) is 18.6 Å². The van der Waals surface area contributed by atoms with Crippen LogP contribution in [0.4, 0.5) is 17.1 Å². The van der Waals surface area contributed by atoms with Crippen LogP contribution in [0.3, 0.4) is 0 Å². The molecule has 0 bridgehead atoms. The van der Waals surface area contributed by atoms with E-state index < -0.39 is 0 Å². The van der Waals surface area contributed by atoms with Crippen molar-refractivity contribution in [1.82, 2.24) is 4.90 Å². The van der Waals surface area contributed by atoms with Gasteiger partial charge in [-0.05, 0) is 26.5 Å². The molecule has 102 valence electrons. The molecule has 2 heterocycles. The third-order valence-electron chi connectivity index (χ3n) is 3.68. The summed E-state index contributed by atoms with van der Waals surface area (Å²) in [5.74, 6) is 0. The number of nitrogens with one attached hydrogen (secondary N) is 1. The lowest BCUT2D eigenvalue weighted by atomic mass is 10.1. The molecule has 7 heteroatoms. The average Bonchev–Trinajstić information content (AvgIpc) is 2.93. The van der Waals surface area contributed by atoms with Crippen molar-refractivity contribution in [3.8, 4) is 0 Å². The summed E-state index contributed by atoms with van der Waals surface area (Å²) in [4.78, 5) is 2.33. The van der Waals surface area contributed by atoms with Gasteiger partial charge >= 0.3 is 0 Å². The average molecular weight is 317 g/mol. The SMILES string of the molecule is CC1CC(Nc2c(Cl)cc(Cl)c3c2N=S=N3)CN1C. The van der Waals surface area contributed by atoms with Gasteiger partial charge in [-0.15, -0.1) is 0 Å². The molecule has 19 heavy (non-hydrogen) atoms. The number of rotatable bonds is 2. The van der Waals surface area contributed by atoms with E-state index in [0.29, 0.717) is 22.1 Å². The van der Waals surface area contributed by atoms with Crippen LogP contribution in [0.1, 0.15) is 13.3 Å². The lowest BCUT2D eigenvalue weighted by Crippen LogP contribution is -2.25. The number of anilines is 1. The minimum atomic E-state index is 0.378. The minimum Gasteiger partial charge on any atom is -0.378 e. The number of nitrogens with zero attached hydrogens (tertiary/aromatic N) is 3. The smallest absolute Gasteiger partial charge is 0.130 e.